The molecule has 0 bridgehead atoms. The first-order chi connectivity index (χ1) is 25.5. The number of hydrogen-bond acceptors (Lipinski definition) is 20. The van der Waals surface area contributed by atoms with E-state index in [-0.39, 0.29) is 32.1 Å². The summed E-state index contributed by atoms with van der Waals surface area (Å²) in [5, 5.41) is 146. The summed E-state index contributed by atoms with van der Waals surface area (Å²) in [6.45, 7) is 0.257. The van der Waals surface area contributed by atoms with E-state index in [2.05, 4.69) is 0 Å². The number of fused-ring (bicyclic) bond motifs is 1. The van der Waals surface area contributed by atoms with Gasteiger partial charge in [-0.1, -0.05) is 0 Å². The zero-order valence-electron chi connectivity index (χ0n) is 29.5. The maximum Gasteiger partial charge on any atom is 0.187 e. The highest BCUT2D eigenvalue weighted by atomic mass is 16.7. The molecule has 6 aliphatic rings. The van der Waals surface area contributed by atoms with Gasteiger partial charge in [0.05, 0.1) is 49.7 Å². The Balaban J connectivity index is 1.16. The number of hydrogen-bond donors (Lipinski definition) is 14. The van der Waals surface area contributed by atoms with Crippen molar-refractivity contribution in [2.75, 3.05) is 13.2 Å². The van der Waals surface area contributed by atoms with Crippen LogP contribution < -0.4 is 0 Å². The Morgan fingerprint density at radius 3 is 1.72 bits per heavy atom. The fourth-order valence-corrected chi connectivity index (χ4v) is 8.70. The molecule has 0 aromatic heterocycles. The lowest BCUT2D eigenvalue weighted by Gasteiger charge is -2.49. The van der Waals surface area contributed by atoms with Gasteiger partial charge in [0.25, 0.3) is 0 Å². The largest absolute Gasteiger partial charge is 0.427 e. The Morgan fingerprint density at radius 1 is 0.537 bits per heavy atom. The van der Waals surface area contributed by atoms with E-state index in [9.17, 15) is 71.5 Å². The third-order valence-electron chi connectivity index (χ3n) is 12.0. The fourth-order valence-electron chi connectivity index (χ4n) is 8.70. The Bertz CT molecular complexity index is 1190. The Hall–Kier alpha value is -0.840. The van der Waals surface area contributed by atoms with Crippen LogP contribution in [-0.2, 0) is 28.4 Å². The molecule has 54 heavy (non-hydrogen) atoms. The van der Waals surface area contributed by atoms with Crippen LogP contribution >= 0.6 is 0 Å². The van der Waals surface area contributed by atoms with Crippen molar-refractivity contribution in [1.82, 2.24) is 0 Å². The Kier molecular flexibility index (Phi) is 13.9. The van der Waals surface area contributed by atoms with Crippen LogP contribution in [0.5, 0.6) is 0 Å². The molecule has 4 heterocycles. The monoisotopic (exact) mass is 789 g/mol. The second-order valence-electron chi connectivity index (χ2n) is 15.7. The molecule has 15 N–H and O–H groups in total. The summed E-state index contributed by atoms with van der Waals surface area (Å²) < 4.78 is 39.6. The third-order valence-corrected chi connectivity index (χ3v) is 12.0. The van der Waals surface area contributed by atoms with Crippen molar-refractivity contribution < 1.29 is 105 Å². The Labute approximate surface area is 309 Å². The van der Waals surface area contributed by atoms with Gasteiger partial charge in [0.1, 0.15) is 79.4 Å². The minimum Gasteiger partial charge on any atom is -0.427 e. The fraction of sp³-hybridized carbons (Fsp3) is 1.00. The lowest BCUT2D eigenvalue weighted by Crippen LogP contribution is -2.64. The SMILES string of the molecule is CC1OC(OCC2OC(OC3CC4C(O)CC(OC5OC(CO)C(O)C(O)C5O)CC4[OH+]C3C3CC(O)C(O)C(O)C3)C(O)C(O)C2O)C(O)C(O)C1O. The van der Waals surface area contributed by atoms with Crippen LogP contribution in [0.1, 0.15) is 39.0 Å². The molecule has 4 saturated heterocycles. The molecule has 21 nitrogen and oxygen atoms in total. The van der Waals surface area contributed by atoms with Gasteiger partial charge >= 0.3 is 0 Å². The standard InChI is InChI=1S/C33H56O21/c1-9-20(38)24(42)27(45)31(49-9)48-8-19-23(41)26(44)29(47)33(54-19)52-17-6-12-13(35)4-11(50-32-28(46)25(43)22(40)18(7-34)53-32)5-16(12)51-30(17)10-2-14(36)21(39)15(37)3-10/h9-47H,2-8H2,1H3/p+1. The smallest absolute Gasteiger partial charge is 0.187 e. The second kappa shape index (κ2) is 17.6. The minimum atomic E-state index is -1.82. The van der Waals surface area contributed by atoms with Crippen molar-refractivity contribution in [2.45, 2.75) is 180 Å². The first kappa shape index (κ1) is 42.8. The summed E-state index contributed by atoms with van der Waals surface area (Å²) in [6.07, 6.45) is -31.1. The molecule has 23 atom stereocenters. The average molecular weight is 790 g/mol. The summed E-state index contributed by atoms with van der Waals surface area (Å²) in [5.41, 5.74) is 0. The quantitative estimate of drug-likeness (QED) is 0.0965. The summed E-state index contributed by atoms with van der Waals surface area (Å²) in [5.74, 6) is -1.17. The highest BCUT2D eigenvalue weighted by Crippen LogP contribution is 2.43. The molecule has 314 valence electrons. The van der Waals surface area contributed by atoms with Crippen LogP contribution in [0, 0.1) is 11.8 Å². The van der Waals surface area contributed by atoms with E-state index in [1.54, 1.807) is 0 Å². The second-order valence-corrected chi connectivity index (χ2v) is 15.7. The summed E-state index contributed by atoms with van der Waals surface area (Å²) in [4.78, 5) is 0. The van der Waals surface area contributed by atoms with Crippen molar-refractivity contribution in [3.05, 3.63) is 0 Å². The van der Waals surface area contributed by atoms with Gasteiger partial charge in [0.2, 0.25) is 0 Å². The highest BCUT2D eigenvalue weighted by molar-refractivity contribution is 5.00. The van der Waals surface area contributed by atoms with Gasteiger partial charge in [-0.2, -0.15) is 0 Å². The van der Waals surface area contributed by atoms with Crippen LogP contribution in [-0.4, -0.2) is 230 Å². The van der Waals surface area contributed by atoms with Crippen molar-refractivity contribution in [3.8, 4) is 0 Å². The number of rotatable bonds is 9. The van der Waals surface area contributed by atoms with Crippen LogP contribution in [0.4, 0.5) is 0 Å². The van der Waals surface area contributed by atoms with E-state index < -0.39 is 166 Å². The van der Waals surface area contributed by atoms with Gasteiger partial charge in [0, 0.05) is 18.8 Å². The highest BCUT2D eigenvalue weighted by Gasteiger charge is 2.57. The Morgan fingerprint density at radius 2 is 1.09 bits per heavy atom. The lowest BCUT2D eigenvalue weighted by molar-refractivity contribution is -0.367. The lowest BCUT2D eigenvalue weighted by atomic mass is 9.72. The van der Waals surface area contributed by atoms with E-state index in [0.717, 1.165) is 0 Å². The normalized spacial score (nSPS) is 55.9. The topological polar surface area (TPSA) is 351 Å². The van der Waals surface area contributed by atoms with Gasteiger partial charge < -0.3 is 105 Å². The van der Waals surface area contributed by atoms with Crippen molar-refractivity contribution >= 4 is 0 Å². The molecule has 0 spiro atoms. The molecule has 0 amide bonds. The van der Waals surface area contributed by atoms with Gasteiger partial charge in [-0.25, -0.2) is 0 Å². The molecule has 2 aliphatic carbocycles. The van der Waals surface area contributed by atoms with Crippen LogP contribution in [0.15, 0.2) is 0 Å². The molecule has 2 saturated carbocycles. The molecule has 23 unspecified atom stereocenters. The summed E-state index contributed by atoms with van der Waals surface area (Å²) >= 11 is 0. The van der Waals surface area contributed by atoms with Crippen molar-refractivity contribution in [2.24, 2.45) is 11.8 Å². The molecule has 0 radical (unpaired) electrons. The van der Waals surface area contributed by atoms with Gasteiger partial charge in [-0.15, -0.1) is 0 Å². The van der Waals surface area contributed by atoms with Gasteiger partial charge in [0.15, 0.2) is 31.1 Å². The third kappa shape index (κ3) is 8.63. The van der Waals surface area contributed by atoms with Crippen LogP contribution in [0.2, 0.25) is 0 Å². The van der Waals surface area contributed by atoms with Gasteiger partial charge in [-0.05, 0) is 26.2 Å². The van der Waals surface area contributed by atoms with E-state index in [1.807, 2.05) is 0 Å². The van der Waals surface area contributed by atoms with Crippen molar-refractivity contribution in [1.29, 1.82) is 0 Å². The molecule has 4 aliphatic heterocycles. The molecule has 6 rings (SSSR count). The van der Waals surface area contributed by atoms with Crippen molar-refractivity contribution in [3.63, 3.8) is 0 Å². The van der Waals surface area contributed by atoms with Gasteiger partial charge in [-0.3, -0.25) is 0 Å². The summed E-state index contributed by atoms with van der Waals surface area (Å²) in [7, 11) is 0. The molecular formula is C33H57O21+. The number of aliphatic hydroxyl groups excluding tert-OH is 14. The summed E-state index contributed by atoms with van der Waals surface area (Å²) in [6, 6.07) is 0. The first-order valence-corrected chi connectivity index (χ1v) is 18.5. The molecule has 0 aromatic rings. The maximum absolute atomic E-state index is 11.4. The van der Waals surface area contributed by atoms with E-state index in [1.165, 1.54) is 6.92 Å². The first-order valence-electron chi connectivity index (χ1n) is 18.5. The maximum atomic E-state index is 11.4. The molecule has 21 heteroatoms. The molecular weight excluding hydrogens is 732 g/mol. The molecule has 6 fully saturated rings. The zero-order chi connectivity index (χ0) is 39.3. The van der Waals surface area contributed by atoms with E-state index in [0.29, 0.717) is 0 Å². The average Bonchev–Trinajstić information content (AvgIpc) is 3.14. The molecule has 0 aromatic carbocycles. The predicted molar refractivity (Wildman–Crippen MR) is 172 cm³/mol. The van der Waals surface area contributed by atoms with E-state index in [4.69, 9.17) is 33.2 Å². The van der Waals surface area contributed by atoms with Crippen LogP contribution in [0.3, 0.4) is 0 Å². The minimum absolute atomic E-state index is 0.00837. The van der Waals surface area contributed by atoms with E-state index >= 15 is 0 Å². The number of ether oxygens (including phenoxy) is 7. The van der Waals surface area contributed by atoms with Crippen LogP contribution in [0.25, 0.3) is 0 Å². The number of aliphatic hydroxyl groups is 16. The zero-order valence-corrected chi connectivity index (χ0v) is 29.5. The predicted octanol–water partition coefficient (Wildman–Crippen LogP) is -7.86.